The van der Waals surface area contributed by atoms with Gasteiger partial charge in [0.2, 0.25) is 0 Å². The minimum Gasteiger partial charge on any atom is -0.434 e. The van der Waals surface area contributed by atoms with Gasteiger partial charge in [0.05, 0.1) is 11.4 Å². The number of rotatable bonds is 8. The second kappa shape index (κ2) is 9.88. The van der Waals surface area contributed by atoms with Gasteiger partial charge < -0.3 is 4.74 Å². The van der Waals surface area contributed by atoms with Crippen molar-refractivity contribution < 1.29 is 31.9 Å². The molecule has 4 rings (SSSR count). The number of aromatic nitrogens is 1. The number of anilines is 1. The molecule has 2 heterocycles. The first kappa shape index (κ1) is 25.0. The number of ether oxygens (including phenoxy) is 1. The standard InChI is InChI=1S/C26H21F4N3O3/c1-15-23(21(34)13-16-4-3-5-18(12-16)26(2,29)30)24(35)33(32-15)19-6-7-22(36-25(27)28)20(14-19)17-8-10-31-11-9-17/h3-12,14,23,25H,13H2,1-2H3. The van der Waals surface area contributed by atoms with Gasteiger partial charge in [0.25, 0.3) is 11.8 Å². The minimum absolute atomic E-state index is 0.104. The SMILES string of the molecule is CC1=NN(c2ccc(OC(F)F)c(-c3ccncc3)c2)C(=O)C1C(=O)Cc1cccc(C(C)(F)F)c1. The molecule has 0 radical (unpaired) electrons. The Balaban J connectivity index is 1.60. The molecule has 36 heavy (non-hydrogen) atoms. The van der Waals surface area contributed by atoms with Crippen LogP contribution in [0.2, 0.25) is 0 Å². The number of Topliss-reactive ketones (excluding diaryl/α,β-unsaturated/α-hetero) is 1. The molecule has 1 unspecified atom stereocenters. The highest BCUT2D eigenvalue weighted by molar-refractivity contribution is 6.27. The van der Waals surface area contributed by atoms with Gasteiger partial charge in [-0.05, 0) is 54.4 Å². The van der Waals surface area contributed by atoms with Gasteiger partial charge >= 0.3 is 6.61 Å². The fourth-order valence-electron chi connectivity index (χ4n) is 3.98. The van der Waals surface area contributed by atoms with E-state index in [1.807, 2.05) is 0 Å². The van der Waals surface area contributed by atoms with Crippen molar-refractivity contribution in [2.24, 2.45) is 11.0 Å². The third-order valence-electron chi connectivity index (χ3n) is 5.68. The van der Waals surface area contributed by atoms with Crippen molar-refractivity contribution in [2.45, 2.75) is 32.8 Å². The molecule has 1 aromatic heterocycles. The molecule has 1 aliphatic heterocycles. The molecule has 3 aromatic rings. The number of hydrogen-bond donors (Lipinski definition) is 0. The first-order valence-electron chi connectivity index (χ1n) is 10.9. The van der Waals surface area contributed by atoms with Gasteiger partial charge in [-0.3, -0.25) is 14.6 Å². The normalized spacial score (nSPS) is 15.9. The second-order valence-corrected chi connectivity index (χ2v) is 8.35. The van der Waals surface area contributed by atoms with Crippen LogP contribution in [0.4, 0.5) is 23.2 Å². The van der Waals surface area contributed by atoms with Crippen LogP contribution in [0.5, 0.6) is 5.75 Å². The molecule has 186 valence electrons. The smallest absolute Gasteiger partial charge is 0.387 e. The van der Waals surface area contributed by atoms with Gasteiger partial charge in [-0.25, -0.2) is 8.78 Å². The van der Waals surface area contributed by atoms with Crippen LogP contribution in [-0.2, 0) is 21.9 Å². The van der Waals surface area contributed by atoms with Crippen molar-refractivity contribution in [3.8, 4) is 16.9 Å². The summed E-state index contributed by atoms with van der Waals surface area (Å²) in [6.07, 6.45) is 2.73. The van der Waals surface area contributed by atoms with Crippen molar-refractivity contribution >= 4 is 23.1 Å². The highest BCUT2D eigenvalue weighted by atomic mass is 19.3. The summed E-state index contributed by atoms with van der Waals surface area (Å²) in [5.41, 5.74) is 1.41. The van der Waals surface area contributed by atoms with E-state index in [2.05, 4.69) is 14.8 Å². The molecule has 2 aromatic carbocycles. The van der Waals surface area contributed by atoms with E-state index >= 15 is 0 Å². The van der Waals surface area contributed by atoms with Crippen LogP contribution in [-0.4, -0.2) is 29.0 Å². The van der Waals surface area contributed by atoms with Crippen LogP contribution in [0, 0.1) is 5.92 Å². The summed E-state index contributed by atoms with van der Waals surface area (Å²) in [5, 5.41) is 5.26. The van der Waals surface area contributed by atoms with Gasteiger partial charge in [0.1, 0.15) is 11.7 Å². The average Bonchev–Trinajstić information content (AvgIpc) is 3.13. The number of alkyl halides is 4. The van der Waals surface area contributed by atoms with Crippen LogP contribution in [0.3, 0.4) is 0 Å². The predicted molar refractivity (Wildman–Crippen MR) is 125 cm³/mol. The summed E-state index contributed by atoms with van der Waals surface area (Å²) < 4.78 is 57.8. The molecule has 0 saturated heterocycles. The zero-order valence-corrected chi connectivity index (χ0v) is 19.3. The molecule has 0 fully saturated rings. The van der Waals surface area contributed by atoms with E-state index in [1.54, 1.807) is 18.2 Å². The molecule has 1 atom stereocenters. The molecule has 10 heteroatoms. The van der Waals surface area contributed by atoms with Crippen LogP contribution >= 0.6 is 0 Å². The monoisotopic (exact) mass is 499 g/mol. The zero-order chi connectivity index (χ0) is 26.0. The Bertz CT molecular complexity index is 1320. The van der Waals surface area contributed by atoms with E-state index in [-0.39, 0.29) is 34.7 Å². The number of nitrogens with zero attached hydrogens (tertiary/aromatic N) is 3. The Kier molecular flexibility index (Phi) is 6.87. The van der Waals surface area contributed by atoms with Crippen molar-refractivity contribution in [3.05, 3.63) is 78.1 Å². The highest BCUT2D eigenvalue weighted by Gasteiger charge is 2.39. The fourth-order valence-corrected chi connectivity index (χ4v) is 3.98. The first-order chi connectivity index (χ1) is 17.0. The van der Waals surface area contributed by atoms with Gasteiger partial charge in [0.15, 0.2) is 5.78 Å². The van der Waals surface area contributed by atoms with Crippen LogP contribution in [0.15, 0.2) is 72.1 Å². The second-order valence-electron chi connectivity index (χ2n) is 8.35. The van der Waals surface area contributed by atoms with E-state index < -0.39 is 30.1 Å². The number of hydrogen-bond acceptors (Lipinski definition) is 5. The number of benzene rings is 2. The lowest BCUT2D eigenvalue weighted by Gasteiger charge is -2.17. The molecule has 0 N–H and O–H groups in total. The van der Waals surface area contributed by atoms with E-state index in [9.17, 15) is 27.2 Å². The molecule has 0 spiro atoms. The molecule has 1 aliphatic rings. The third kappa shape index (κ3) is 5.27. The van der Waals surface area contributed by atoms with E-state index in [4.69, 9.17) is 0 Å². The van der Waals surface area contributed by atoms with E-state index in [0.29, 0.717) is 11.1 Å². The number of halogens is 4. The van der Waals surface area contributed by atoms with Crippen molar-refractivity contribution in [1.82, 2.24) is 4.98 Å². The lowest BCUT2D eigenvalue weighted by molar-refractivity contribution is -0.128. The number of carbonyl (C=O) groups excluding carboxylic acids is 2. The average molecular weight is 499 g/mol. The topological polar surface area (TPSA) is 71.9 Å². The van der Waals surface area contributed by atoms with Gasteiger partial charge in [-0.1, -0.05) is 18.2 Å². The summed E-state index contributed by atoms with van der Waals surface area (Å²) in [5.74, 6) is -5.49. The Labute approximate surface area is 204 Å². The molecule has 0 bridgehead atoms. The van der Waals surface area contributed by atoms with Crippen LogP contribution in [0.1, 0.15) is 25.0 Å². The van der Waals surface area contributed by atoms with Crippen LogP contribution < -0.4 is 9.75 Å². The largest absolute Gasteiger partial charge is 0.434 e. The molecular weight excluding hydrogens is 478 g/mol. The van der Waals surface area contributed by atoms with Gasteiger partial charge in [0, 0.05) is 36.9 Å². The number of ketones is 1. The van der Waals surface area contributed by atoms with Crippen molar-refractivity contribution in [1.29, 1.82) is 0 Å². The molecule has 0 saturated carbocycles. The summed E-state index contributed by atoms with van der Waals surface area (Å²) >= 11 is 0. The van der Waals surface area contributed by atoms with Gasteiger partial charge in [-0.15, -0.1) is 0 Å². The minimum atomic E-state index is -3.07. The summed E-state index contributed by atoms with van der Waals surface area (Å²) in [7, 11) is 0. The number of hydrazone groups is 1. The maximum atomic E-state index is 13.7. The summed E-state index contributed by atoms with van der Waals surface area (Å²) in [6, 6.07) is 12.8. The number of pyridine rings is 1. The number of amides is 1. The maximum absolute atomic E-state index is 13.7. The first-order valence-corrected chi connectivity index (χ1v) is 10.9. The number of carbonyl (C=O) groups is 2. The maximum Gasteiger partial charge on any atom is 0.387 e. The molecule has 1 amide bonds. The van der Waals surface area contributed by atoms with Crippen LogP contribution in [0.25, 0.3) is 11.1 Å². The summed E-state index contributed by atoms with van der Waals surface area (Å²) in [6.45, 7) is -0.769. The molecular formula is C26H21F4N3O3. The van der Waals surface area contributed by atoms with Gasteiger partial charge in [-0.2, -0.15) is 18.9 Å². The lowest BCUT2D eigenvalue weighted by atomic mass is 9.93. The predicted octanol–water partition coefficient (Wildman–Crippen LogP) is 5.61. The lowest BCUT2D eigenvalue weighted by Crippen LogP contribution is -2.33. The third-order valence-corrected chi connectivity index (χ3v) is 5.68. The van der Waals surface area contributed by atoms with Crippen molar-refractivity contribution in [3.63, 3.8) is 0 Å². The van der Waals surface area contributed by atoms with Crippen molar-refractivity contribution in [2.75, 3.05) is 5.01 Å². The Morgan fingerprint density at radius 3 is 2.50 bits per heavy atom. The quantitative estimate of drug-likeness (QED) is 0.298. The fraction of sp³-hybridized carbons (Fsp3) is 0.231. The van der Waals surface area contributed by atoms with E-state index in [0.717, 1.165) is 11.9 Å². The Hall–Kier alpha value is -4.08. The zero-order valence-electron chi connectivity index (χ0n) is 19.3. The summed E-state index contributed by atoms with van der Waals surface area (Å²) in [4.78, 5) is 30.1. The Morgan fingerprint density at radius 2 is 1.83 bits per heavy atom. The molecule has 0 aliphatic carbocycles. The highest BCUT2D eigenvalue weighted by Crippen LogP contribution is 2.36. The van der Waals surface area contributed by atoms with E-state index in [1.165, 1.54) is 55.7 Å². The Morgan fingerprint density at radius 1 is 1.11 bits per heavy atom. The molecule has 6 nitrogen and oxygen atoms in total.